The van der Waals surface area contributed by atoms with Gasteiger partial charge in [-0.3, -0.25) is 4.79 Å². The number of hydrogen-bond donors (Lipinski definition) is 1. The lowest BCUT2D eigenvalue weighted by molar-refractivity contribution is 0.0693. The van der Waals surface area contributed by atoms with Crippen LogP contribution in [0.1, 0.15) is 49.2 Å². The van der Waals surface area contributed by atoms with Crippen molar-refractivity contribution in [2.24, 2.45) is 5.41 Å². The van der Waals surface area contributed by atoms with Crippen LogP contribution in [0.5, 0.6) is 5.75 Å². The Bertz CT molecular complexity index is 1320. The molecule has 2 heterocycles. The minimum Gasteiger partial charge on any atom is -0.493 e. The number of pyridine rings is 1. The number of rotatable bonds is 7. The van der Waals surface area contributed by atoms with E-state index < -0.39 is 11.4 Å². The van der Waals surface area contributed by atoms with E-state index in [0.29, 0.717) is 48.6 Å². The number of halogens is 1. The molecule has 1 unspecified atom stereocenters. The van der Waals surface area contributed by atoms with E-state index >= 15 is 0 Å². The second kappa shape index (κ2) is 9.66. The van der Waals surface area contributed by atoms with Gasteiger partial charge in [0.15, 0.2) is 5.43 Å². The van der Waals surface area contributed by atoms with Gasteiger partial charge in [-0.2, -0.15) is 0 Å². The summed E-state index contributed by atoms with van der Waals surface area (Å²) in [6, 6.07) is 11.6. The van der Waals surface area contributed by atoms with Gasteiger partial charge in [-0.05, 0) is 35.6 Å². The number of carboxylic acid groups (broad SMARTS) is 1. The zero-order valence-corrected chi connectivity index (χ0v) is 20.4. The maximum absolute atomic E-state index is 14.9. The van der Waals surface area contributed by atoms with Crippen molar-refractivity contribution in [3.8, 4) is 28.1 Å². The van der Waals surface area contributed by atoms with Crippen LogP contribution in [0.15, 0.2) is 53.5 Å². The Morgan fingerprint density at radius 3 is 2.51 bits per heavy atom. The van der Waals surface area contributed by atoms with E-state index in [1.54, 1.807) is 25.3 Å². The fourth-order valence-electron chi connectivity index (χ4n) is 4.64. The smallest absolute Gasteiger partial charge is 0.341 e. The molecule has 35 heavy (non-hydrogen) atoms. The van der Waals surface area contributed by atoms with Crippen LogP contribution in [0.25, 0.3) is 22.4 Å². The molecule has 0 saturated heterocycles. The summed E-state index contributed by atoms with van der Waals surface area (Å²) >= 11 is 0. The van der Waals surface area contributed by atoms with E-state index in [0.717, 1.165) is 11.1 Å². The van der Waals surface area contributed by atoms with Crippen molar-refractivity contribution >= 4 is 5.97 Å². The largest absolute Gasteiger partial charge is 0.493 e. The molecule has 0 radical (unpaired) electrons. The van der Waals surface area contributed by atoms with Crippen molar-refractivity contribution in [1.29, 1.82) is 0 Å². The molecule has 0 fully saturated rings. The fraction of sp³-hybridized carbons (Fsp3) is 0.357. The number of nitrogens with zero attached hydrogens (tertiary/aromatic N) is 1. The Morgan fingerprint density at radius 2 is 1.86 bits per heavy atom. The molecule has 0 aliphatic carbocycles. The van der Waals surface area contributed by atoms with Gasteiger partial charge < -0.3 is 19.1 Å². The first-order valence-electron chi connectivity index (χ1n) is 11.6. The van der Waals surface area contributed by atoms with Gasteiger partial charge in [-0.1, -0.05) is 39.0 Å². The average Bonchev–Trinajstić information content (AvgIpc) is 2.80. The lowest BCUT2D eigenvalue weighted by Gasteiger charge is -2.39. The molecule has 1 N–H and O–H groups in total. The van der Waals surface area contributed by atoms with Crippen molar-refractivity contribution in [1.82, 2.24) is 4.57 Å². The van der Waals surface area contributed by atoms with Crippen molar-refractivity contribution < 1.29 is 23.8 Å². The third kappa shape index (κ3) is 4.86. The summed E-state index contributed by atoms with van der Waals surface area (Å²) in [5.74, 6) is -1.07. The third-order valence-electron chi connectivity index (χ3n) is 6.45. The van der Waals surface area contributed by atoms with Gasteiger partial charge in [0.05, 0.1) is 12.3 Å². The van der Waals surface area contributed by atoms with Gasteiger partial charge in [-0.15, -0.1) is 0 Å². The van der Waals surface area contributed by atoms with Crippen LogP contribution in [0.2, 0.25) is 0 Å². The molecule has 2 aromatic carbocycles. The molecule has 1 aromatic heterocycles. The monoisotopic (exact) mass is 479 g/mol. The third-order valence-corrected chi connectivity index (χ3v) is 6.45. The van der Waals surface area contributed by atoms with Gasteiger partial charge in [0.1, 0.15) is 17.1 Å². The highest BCUT2D eigenvalue weighted by atomic mass is 19.1. The van der Waals surface area contributed by atoms with Gasteiger partial charge in [-0.25, -0.2) is 9.18 Å². The van der Waals surface area contributed by atoms with E-state index in [2.05, 4.69) is 20.8 Å². The van der Waals surface area contributed by atoms with Crippen LogP contribution in [0.4, 0.5) is 4.39 Å². The first-order valence-corrected chi connectivity index (χ1v) is 11.6. The Balaban J connectivity index is 1.94. The quantitative estimate of drug-likeness (QED) is 0.448. The van der Waals surface area contributed by atoms with E-state index in [4.69, 9.17) is 9.47 Å². The van der Waals surface area contributed by atoms with Crippen LogP contribution in [-0.2, 0) is 11.2 Å². The number of carbonyl (C=O) groups is 1. The van der Waals surface area contributed by atoms with Crippen LogP contribution >= 0.6 is 0 Å². The van der Waals surface area contributed by atoms with Gasteiger partial charge in [0.2, 0.25) is 0 Å². The predicted molar refractivity (Wildman–Crippen MR) is 133 cm³/mol. The van der Waals surface area contributed by atoms with Gasteiger partial charge >= 0.3 is 5.97 Å². The van der Waals surface area contributed by atoms with E-state index in [1.165, 1.54) is 18.3 Å². The van der Waals surface area contributed by atoms with Crippen molar-refractivity contribution in [3.63, 3.8) is 0 Å². The Morgan fingerprint density at radius 1 is 1.11 bits per heavy atom. The molecule has 6 nitrogen and oxygen atoms in total. The highest BCUT2D eigenvalue weighted by Gasteiger charge is 2.34. The molecule has 1 aliphatic rings. The minimum atomic E-state index is -1.25. The highest BCUT2D eigenvalue weighted by molar-refractivity contribution is 5.88. The van der Waals surface area contributed by atoms with Crippen molar-refractivity contribution in [3.05, 3.63) is 75.8 Å². The second-order valence-electron chi connectivity index (χ2n) is 9.92. The zero-order valence-electron chi connectivity index (χ0n) is 20.4. The number of hydrogen-bond acceptors (Lipinski definition) is 4. The summed E-state index contributed by atoms with van der Waals surface area (Å²) in [6.07, 6.45) is 2.74. The second-order valence-corrected chi connectivity index (χ2v) is 9.92. The highest BCUT2D eigenvalue weighted by Crippen LogP contribution is 2.46. The molecule has 1 aliphatic heterocycles. The summed E-state index contributed by atoms with van der Waals surface area (Å²) in [4.78, 5) is 24.4. The maximum Gasteiger partial charge on any atom is 0.341 e. The van der Waals surface area contributed by atoms with Crippen LogP contribution < -0.4 is 10.2 Å². The summed E-state index contributed by atoms with van der Waals surface area (Å²) in [7, 11) is 1.63. The summed E-state index contributed by atoms with van der Waals surface area (Å²) < 4.78 is 28.0. The van der Waals surface area contributed by atoms with E-state index in [1.807, 2.05) is 16.7 Å². The van der Waals surface area contributed by atoms with Crippen LogP contribution in [0.3, 0.4) is 0 Å². The van der Waals surface area contributed by atoms with Crippen molar-refractivity contribution in [2.45, 2.75) is 39.7 Å². The Hall–Kier alpha value is -3.45. The maximum atomic E-state index is 14.9. The molecule has 0 bridgehead atoms. The molecular formula is C28H30FNO5. The molecule has 3 aromatic rings. The Labute approximate surface area is 203 Å². The summed E-state index contributed by atoms with van der Waals surface area (Å²) in [5.41, 5.74) is 2.28. The summed E-state index contributed by atoms with van der Waals surface area (Å²) in [6.45, 7) is 7.21. The van der Waals surface area contributed by atoms with Gasteiger partial charge in [0.25, 0.3) is 0 Å². The predicted octanol–water partition coefficient (Wildman–Crippen LogP) is 5.58. The standard InChI is InChI=1S/C28H30FNO5/c1-28(2,3)26-13-17-12-25(35-11-7-10-34-4)20(18-8-5-6-9-22(18)29)14-19(17)23-15-24(31)21(27(32)33)16-30(23)26/h5-6,8-9,12,14-16,26H,7,10-11,13H2,1-4H3,(H,32,33). The molecular weight excluding hydrogens is 449 g/mol. The number of aromatic carboxylic acids is 1. The number of methoxy groups -OCH3 is 1. The first kappa shape index (κ1) is 24.7. The Kier molecular flexibility index (Phi) is 6.81. The number of aromatic nitrogens is 1. The number of ether oxygens (including phenoxy) is 2. The number of fused-ring (bicyclic) bond motifs is 3. The van der Waals surface area contributed by atoms with Crippen LogP contribution in [0, 0.1) is 11.2 Å². The lowest BCUT2D eigenvalue weighted by Crippen LogP contribution is -2.32. The molecule has 0 saturated carbocycles. The summed E-state index contributed by atoms with van der Waals surface area (Å²) in [5, 5.41) is 9.55. The molecule has 7 heteroatoms. The zero-order chi connectivity index (χ0) is 25.3. The fourth-order valence-corrected chi connectivity index (χ4v) is 4.64. The normalized spacial score (nSPS) is 14.8. The molecule has 4 rings (SSSR count). The number of benzene rings is 2. The topological polar surface area (TPSA) is 77.8 Å². The molecule has 184 valence electrons. The SMILES string of the molecule is COCCCOc1cc2c(cc1-c1ccccc1F)-c1cc(=O)c(C(=O)O)cn1C(C(C)(C)C)C2. The first-order chi connectivity index (χ1) is 16.6. The van der Waals surface area contributed by atoms with Crippen LogP contribution in [-0.4, -0.2) is 36.0 Å². The van der Waals surface area contributed by atoms with Gasteiger partial charge in [0, 0.05) is 55.1 Å². The van der Waals surface area contributed by atoms with E-state index in [9.17, 15) is 19.1 Å². The number of carboxylic acids is 1. The lowest BCUT2D eigenvalue weighted by atomic mass is 9.78. The molecule has 0 spiro atoms. The average molecular weight is 480 g/mol. The minimum absolute atomic E-state index is 0.0932. The van der Waals surface area contributed by atoms with E-state index in [-0.39, 0.29) is 22.8 Å². The van der Waals surface area contributed by atoms with Crippen molar-refractivity contribution in [2.75, 3.05) is 20.3 Å². The molecule has 1 atom stereocenters. The molecule has 0 amide bonds.